The standard InChI is InChI=1S/C19H25F2NO3/c1-13(2)15-6-4-5-11-22(15)18(23)10-8-14-7-9-16(25-19(20)21)17(12-14)24-3/h7-10,12-13,15,19H,4-6,11H2,1-3H3. The van der Waals surface area contributed by atoms with Gasteiger partial charge in [-0.2, -0.15) is 8.78 Å². The lowest BCUT2D eigenvalue weighted by Gasteiger charge is -2.37. The highest BCUT2D eigenvalue weighted by molar-refractivity contribution is 5.92. The van der Waals surface area contributed by atoms with Crippen molar-refractivity contribution in [3.8, 4) is 11.5 Å². The van der Waals surface area contributed by atoms with Crippen LogP contribution in [-0.2, 0) is 4.79 Å². The Kier molecular flexibility index (Phi) is 6.79. The number of hydrogen-bond donors (Lipinski definition) is 0. The molecule has 0 N–H and O–H groups in total. The topological polar surface area (TPSA) is 38.8 Å². The van der Waals surface area contributed by atoms with Crippen molar-refractivity contribution in [1.29, 1.82) is 0 Å². The molecule has 1 heterocycles. The van der Waals surface area contributed by atoms with Crippen LogP contribution in [0.15, 0.2) is 24.3 Å². The highest BCUT2D eigenvalue weighted by Gasteiger charge is 2.27. The minimum Gasteiger partial charge on any atom is -0.493 e. The predicted molar refractivity (Wildman–Crippen MR) is 92.9 cm³/mol. The summed E-state index contributed by atoms with van der Waals surface area (Å²) in [4.78, 5) is 14.5. The molecule has 0 radical (unpaired) electrons. The summed E-state index contributed by atoms with van der Waals surface area (Å²) < 4.78 is 34.2. The van der Waals surface area contributed by atoms with Crippen molar-refractivity contribution >= 4 is 12.0 Å². The second-order valence-corrected chi connectivity index (χ2v) is 6.46. The van der Waals surface area contributed by atoms with Crippen molar-refractivity contribution in [3.63, 3.8) is 0 Å². The van der Waals surface area contributed by atoms with E-state index in [0.717, 1.165) is 25.8 Å². The summed E-state index contributed by atoms with van der Waals surface area (Å²) in [5.74, 6) is 0.568. The first-order valence-corrected chi connectivity index (χ1v) is 8.54. The molecule has 1 unspecified atom stereocenters. The third-order valence-corrected chi connectivity index (χ3v) is 4.42. The number of hydrogen-bond acceptors (Lipinski definition) is 3. The average molecular weight is 353 g/mol. The first-order valence-electron chi connectivity index (χ1n) is 8.54. The number of carbonyl (C=O) groups is 1. The van der Waals surface area contributed by atoms with Crippen molar-refractivity contribution in [3.05, 3.63) is 29.8 Å². The van der Waals surface area contributed by atoms with Crippen molar-refractivity contribution in [2.24, 2.45) is 5.92 Å². The maximum atomic E-state index is 12.5. The van der Waals surface area contributed by atoms with Crippen LogP contribution in [0.1, 0.15) is 38.7 Å². The number of methoxy groups -OCH3 is 1. The van der Waals surface area contributed by atoms with E-state index in [0.29, 0.717) is 11.5 Å². The van der Waals surface area contributed by atoms with Crippen LogP contribution >= 0.6 is 0 Å². The van der Waals surface area contributed by atoms with E-state index in [1.807, 2.05) is 4.90 Å². The molecular weight excluding hydrogens is 328 g/mol. The van der Waals surface area contributed by atoms with Gasteiger partial charge in [0.25, 0.3) is 0 Å². The Morgan fingerprint density at radius 1 is 1.28 bits per heavy atom. The summed E-state index contributed by atoms with van der Waals surface area (Å²) in [7, 11) is 1.38. The summed E-state index contributed by atoms with van der Waals surface area (Å²) in [6.07, 6.45) is 6.41. The molecule has 1 fully saturated rings. The number of benzene rings is 1. The SMILES string of the molecule is COc1cc(C=CC(=O)N2CCCCC2C(C)C)ccc1OC(F)F. The summed E-state index contributed by atoms with van der Waals surface area (Å²) in [6.45, 7) is 2.12. The lowest BCUT2D eigenvalue weighted by molar-refractivity contribution is -0.130. The largest absolute Gasteiger partial charge is 0.493 e. The fourth-order valence-electron chi connectivity index (χ4n) is 3.17. The van der Waals surface area contributed by atoms with Crippen molar-refractivity contribution in [1.82, 2.24) is 4.90 Å². The molecule has 0 spiro atoms. The third-order valence-electron chi connectivity index (χ3n) is 4.42. The van der Waals surface area contributed by atoms with E-state index in [4.69, 9.17) is 4.74 Å². The highest BCUT2D eigenvalue weighted by atomic mass is 19.3. The van der Waals surface area contributed by atoms with E-state index in [-0.39, 0.29) is 23.4 Å². The number of halogens is 2. The Labute approximate surface area is 147 Å². The first kappa shape index (κ1) is 19.2. The molecule has 6 heteroatoms. The van der Waals surface area contributed by atoms with E-state index in [1.165, 1.54) is 19.3 Å². The smallest absolute Gasteiger partial charge is 0.387 e. The quantitative estimate of drug-likeness (QED) is 0.714. The Balaban J connectivity index is 2.11. The van der Waals surface area contributed by atoms with Crippen LogP contribution < -0.4 is 9.47 Å². The van der Waals surface area contributed by atoms with Gasteiger partial charge in [-0.15, -0.1) is 0 Å². The molecule has 4 nitrogen and oxygen atoms in total. The van der Waals surface area contributed by atoms with Crippen LogP contribution in [0.2, 0.25) is 0 Å². The predicted octanol–water partition coefficient (Wildman–Crippen LogP) is 4.35. The molecule has 0 bridgehead atoms. The van der Waals surface area contributed by atoms with Gasteiger partial charge in [0.05, 0.1) is 7.11 Å². The lowest BCUT2D eigenvalue weighted by atomic mass is 9.92. The number of likely N-dealkylation sites (tertiary alicyclic amines) is 1. The van der Waals surface area contributed by atoms with Crippen molar-refractivity contribution in [2.45, 2.75) is 45.8 Å². The summed E-state index contributed by atoms with van der Waals surface area (Å²) in [5, 5.41) is 0. The second-order valence-electron chi connectivity index (χ2n) is 6.46. The molecule has 1 aliphatic heterocycles. The average Bonchev–Trinajstić information content (AvgIpc) is 2.60. The van der Waals surface area contributed by atoms with Gasteiger partial charge in [-0.25, -0.2) is 0 Å². The van der Waals surface area contributed by atoms with Gasteiger partial charge < -0.3 is 14.4 Å². The maximum Gasteiger partial charge on any atom is 0.387 e. The van der Waals surface area contributed by atoms with E-state index >= 15 is 0 Å². The molecular formula is C19H25F2NO3. The number of nitrogens with zero attached hydrogens (tertiary/aromatic N) is 1. The number of alkyl halides is 2. The molecule has 1 aliphatic rings. The molecule has 1 atom stereocenters. The van der Waals surface area contributed by atoms with Gasteiger partial charge in [-0.05, 0) is 49.0 Å². The van der Waals surface area contributed by atoms with Gasteiger partial charge in [-0.1, -0.05) is 19.9 Å². The van der Waals surface area contributed by atoms with E-state index < -0.39 is 6.61 Å². The molecule has 138 valence electrons. The molecule has 1 aromatic carbocycles. The summed E-state index contributed by atoms with van der Waals surface area (Å²) in [6, 6.07) is 4.85. The zero-order valence-electron chi connectivity index (χ0n) is 14.9. The molecule has 0 saturated carbocycles. The van der Waals surface area contributed by atoms with Crippen LogP contribution in [0, 0.1) is 5.92 Å². The first-order chi connectivity index (χ1) is 11.9. The fraction of sp³-hybridized carbons (Fsp3) is 0.526. The number of ether oxygens (including phenoxy) is 2. The Morgan fingerprint density at radius 3 is 2.68 bits per heavy atom. The third kappa shape index (κ3) is 5.18. The molecule has 1 saturated heterocycles. The van der Waals surface area contributed by atoms with Crippen LogP contribution in [0.3, 0.4) is 0 Å². The van der Waals surface area contributed by atoms with Gasteiger partial charge in [0.15, 0.2) is 11.5 Å². The Morgan fingerprint density at radius 2 is 2.04 bits per heavy atom. The maximum absolute atomic E-state index is 12.5. The number of piperidine rings is 1. The Hall–Kier alpha value is -2.11. The van der Waals surface area contributed by atoms with Gasteiger partial charge in [0, 0.05) is 18.7 Å². The van der Waals surface area contributed by atoms with Gasteiger partial charge in [-0.3, -0.25) is 4.79 Å². The lowest BCUT2D eigenvalue weighted by Crippen LogP contribution is -2.45. The molecule has 1 amide bonds. The van der Waals surface area contributed by atoms with Gasteiger partial charge in [0.1, 0.15) is 0 Å². The minimum absolute atomic E-state index is 0.0229. The minimum atomic E-state index is -2.91. The van der Waals surface area contributed by atoms with Gasteiger partial charge in [0.2, 0.25) is 5.91 Å². The van der Waals surface area contributed by atoms with Crippen LogP contribution in [0.5, 0.6) is 11.5 Å². The van der Waals surface area contributed by atoms with Gasteiger partial charge >= 0.3 is 6.61 Å². The van der Waals surface area contributed by atoms with Crippen molar-refractivity contribution < 1.29 is 23.0 Å². The zero-order valence-corrected chi connectivity index (χ0v) is 14.9. The van der Waals surface area contributed by atoms with Crippen molar-refractivity contribution in [2.75, 3.05) is 13.7 Å². The van der Waals surface area contributed by atoms with E-state index in [1.54, 1.807) is 18.2 Å². The molecule has 0 aliphatic carbocycles. The van der Waals surface area contributed by atoms with Crippen LogP contribution in [-0.4, -0.2) is 37.1 Å². The zero-order chi connectivity index (χ0) is 18.4. The second kappa shape index (κ2) is 8.83. The van der Waals surface area contributed by atoms with E-state index in [9.17, 15) is 13.6 Å². The molecule has 1 aromatic rings. The molecule has 25 heavy (non-hydrogen) atoms. The number of rotatable bonds is 6. The summed E-state index contributed by atoms with van der Waals surface area (Å²) in [5.41, 5.74) is 0.685. The highest BCUT2D eigenvalue weighted by Crippen LogP contribution is 2.30. The fourth-order valence-corrected chi connectivity index (χ4v) is 3.17. The van der Waals surface area contributed by atoms with Crippen LogP contribution in [0.4, 0.5) is 8.78 Å². The number of carbonyl (C=O) groups excluding carboxylic acids is 1. The molecule has 0 aromatic heterocycles. The Bertz CT molecular complexity index is 617. The van der Waals surface area contributed by atoms with Crippen LogP contribution in [0.25, 0.3) is 6.08 Å². The summed E-state index contributed by atoms with van der Waals surface area (Å²) >= 11 is 0. The normalized spacial score (nSPS) is 18.2. The monoisotopic (exact) mass is 353 g/mol. The molecule has 2 rings (SSSR count). The number of amides is 1. The van der Waals surface area contributed by atoms with E-state index in [2.05, 4.69) is 18.6 Å².